The summed E-state index contributed by atoms with van der Waals surface area (Å²) in [5.74, 6) is -0.197. The molecule has 2 nitrogen and oxygen atoms in total. The molecule has 1 heterocycles. The summed E-state index contributed by atoms with van der Waals surface area (Å²) >= 11 is 3.35. The molecule has 0 N–H and O–H groups in total. The minimum absolute atomic E-state index is 0.197. The Bertz CT molecular complexity index is 609. The molecule has 2 aromatic carbocycles. The third-order valence-corrected chi connectivity index (χ3v) is 4.09. The van der Waals surface area contributed by atoms with Gasteiger partial charge in [0.1, 0.15) is 5.82 Å². The highest BCUT2D eigenvalue weighted by Crippen LogP contribution is 2.32. The molecule has 0 unspecified atom stereocenters. The molecule has 0 spiro atoms. The van der Waals surface area contributed by atoms with Crippen LogP contribution in [-0.2, 0) is 6.54 Å². The van der Waals surface area contributed by atoms with Gasteiger partial charge in [-0.3, -0.25) is 0 Å². The molecule has 0 amide bonds. The second kappa shape index (κ2) is 5.44. The van der Waals surface area contributed by atoms with Crippen LogP contribution < -0.4 is 9.80 Å². The van der Waals surface area contributed by atoms with E-state index in [0.717, 1.165) is 29.7 Å². The molecule has 4 heteroatoms. The molecule has 104 valence electrons. The number of hydrogen-bond donors (Lipinski definition) is 0. The molecular formula is C16H16BrFN2. The molecule has 20 heavy (non-hydrogen) atoms. The van der Waals surface area contributed by atoms with Gasteiger partial charge in [-0.25, -0.2) is 4.39 Å². The first kappa shape index (κ1) is 13.4. The lowest BCUT2D eigenvalue weighted by Crippen LogP contribution is -2.38. The number of likely N-dealkylation sites (N-methyl/N-ethyl adjacent to an activating group) is 1. The van der Waals surface area contributed by atoms with Crippen LogP contribution in [0.4, 0.5) is 15.8 Å². The number of para-hydroxylation sites is 2. The van der Waals surface area contributed by atoms with Crippen LogP contribution in [0, 0.1) is 5.82 Å². The quantitative estimate of drug-likeness (QED) is 0.817. The Morgan fingerprint density at radius 2 is 1.85 bits per heavy atom. The first-order valence-corrected chi connectivity index (χ1v) is 7.43. The van der Waals surface area contributed by atoms with Crippen LogP contribution >= 0.6 is 15.9 Å². The Morgan fingerprint density at radius 3 is 2.60 bits per heavy atom. The van der Waals surface area contributed by atoms with Gasteiger partial charge in [-0.05, 0) is 35.9 Å². The molecule has 0 fully saturated rings. The molecule has 0 saturated carbocycles. The average molecular weight is 335 g/mol. The second-order valence-electron chi connectivity index (χ2n) is 5.11. The van der Waals surface area contributed by atoms with Gasteiger partial charge in [0.05, 0.1) is 11.4 Å². The van der Waals surface area contributed by atoms with E-state index in [1.165, 1.54) is 17.4 Å². The fourth-order valence-electron chi connectivity index (χ4n) is 2.65. The Kier molecular flexibility index (Phi) is 3.66. The summed E-state index contributed by atoms with van der Waals surface area (Å²) in [5.41, 5.74) is 3.42. The van der Waals surface area contributed by atoms with Crippen LogP contribution in [0.25, 0.3) is 0 Å². The van der Waals surface area contributed by atoms with E-state index in [4.69, 9.17) is 0 Å². The van der Waals surface area contributed by atoms with Crippen LogP contribution in [-0.4, -0.2) is 20.1 Å². The summed E-state index contributed by atoms with van der Waals surface area (Å²) in [6, 6.07) is 13.4. The number of benzene rings is 2. The topological polar surface area (TPSA) is 6.48 Å². The molecule has 2 aromatic rings. The molecule has 0 saturated heterocycles. The third-order valence-electron chi connectivity index (χ3n) is 3.63. The molecule has 0 atom stereocenters. The van der Waals surface area contributed by atoms with Crippen molar-refractivity contribution in [2.24, 2.45) is 0 Å². The predicted molar refractivity (Wildman–Crippen MR) is 84.9 cm³/mol. The maximum atomic E-state index is 13.5. The zero-order valence-corrected chi connectivity index (χ0v) is 12.9. The van der Waals surface area contributed by atoms with Gasteiger partial charge in [0.2, 0.25) is 0 Å². The van der Waals surface area contributed by atoms with E-state index in [1.807, 2.05) is 12.1 Å². The minimum atomic E-state index is -0.197. The summed E-state index contributed by atoms with van der Waals surface area (Å²) in [7, 11) is 2.11. The van der Waals surface area contributed by atoms with Gasteiger partial charge in [-0.2, -0.15) is 0 Å². The van der Waals surface area contributed by atoms with E-state index in [-0.39, 0.29) is 5.82 Å². The van der Waals surface area contributed by atoms with Crippen molar-refractivity contribution in [3.8, 4) is 0 Å². The molecule has 0 bridgehead atoms. The van der Waals surface area contributed by atoms with Gasteiger partial charge in [-0.1, -0.05) is 28.1 Å². The van der Waals surface area contributed by atoms with E-state index in [0.29, 0.717) is 0 Å². The van der Waals surface area contributed by atoms with Crippen LogP contribution in [0.3, 0.4) is 0 Å². The molecule has 0 aliphatic carbocycles. The monoisotopic (exact) mass is 334 g/mol. The number of nitrogens with zero attached hydrogens (tertiary/aromatic N) is 2. The van der Waals surface area contributed by atoms with Gasteiger partial charge in [0, 0.05) is 31.2 Å². The molecule has 1 aliphatic heterocycles. The third kappa shape index (κ3) is 2.66. The normalized spacial score (nSPS) is 14.3. The maximum absolute atomic E-state index is 13.5. The van der Waals surface area contributed by atoms with Gasteiger partial charge in [0.15, 0.2) is 0 Å². The van der Waals surface area contributed by atoms with E-state index >= 15 is 0 Å². The van der Waals surface area contributed by atoms with E-state index in [2.05, 4.69) is 51.0 Å². The number of anilines is 2. The largest absolute Gasteiger partial charge is 0.371 e. The van der Waals surface area contributed by atoms with Crippen LogP contribution in [0.5, 0.6) is 0 Å². The second-order valence-corrected chi connectivity index (χ2v) is 6.03. The standard InChI is InChI=1S/C16H16BrFN2/c1-19-6-7-20(16-5-3-2-4-15(16)19)11-12-8-13(17)10-14(18)9-12/h2-5,8-10H,6-7,11H2,1H3. The van der Waals surface area contributed by atoms with Crippen molar-refractivity contribution in [3.63, 3.8) is 0 Å². The van der Waals surface area contributed by atoms with E-state index in [9.17, 15) is 4.39 Å². The van der Waals surface area contributed by atoms with Crippen LogP contribution in [0.1, 0.15) is 5.56 Å². The summed E-state index contributed by atoms with van der Waals surface area (Å²) in [4.78, 5) is 4.56. The Morgan fingerprint density at radius 1 is 1.10 bits per heavy atom. The first-order chi connectivity index (χ1) is 9.63. The van der Waals surface area contributed by atoms with Gasteiger partial charge in [0.25, 0.3) is 0 Å². The van der Waals surface area contributed by atoms with Gasteiger partial charge < -0.3 is 9.80 Å². The lowest BCUT2D eigenvalue weighted by atomic mass is 10.1. The lowest BCUT2D eigenvalue weighted by Gasteiger charge is -2.37. The SMILES string of the molecule is CN1CCN(Cc2cc(F)cc(Br)c2)c2ccccc21. The zero-order chi connectivity index (χ0) is 14.1. The Hall–Kier alpha value is -1.55. The van der Waals surface area contributed by atoms with Crippen molar-refractivity contribution in [2.75, 3.05) is 29.9 Å². The molecule has 1 aliphatic rings. The van der Waals surface area contributed by atoms with Crippen molar-refractivity contribution in [1.29, 1.82) is 0 Å². The smallest absolute Gasteiger partial charge is 0.124 e. The maximum Gasteiger partial charge on any atom is 0.124 e. The number of fused-ring (bicyclic) bond motifs is 1. The van der Waals surface area contributed by atoms with Crippen molar-refractivity contribution in [3.05, 3.63) is 58.3 Å². The lowest BCUT2D eigenvalue weighted by molar-refractivity contribution is 0.623. The zero-order valence-electron chi connectivity index (χ0n) is 11.3. The molecular weight excluding hydrogens is 319 g/mol. The summed E-state index contributed by atoms with van der Waals surface area (Å²) < 4.78 is 14.3. The van der Waals surface area contributed by atoms with Gasteiger partial charge >= 0.3 is 0 Å². The van der Waals surface area contributed by atoms with Crippen molar-refractivity contribution < 1.29 is 4.39 Å². The molecule has 0 aromatic heterocycles. The summed E-state index contributed by atoms with van der Waals surface area (Å²) in [5, 5.41) is 0. The summed E-state index contributed by atoms with van der Waals surface area (Å²) in [6.07, 6.45) is 0. The predicted octanol–water partition coefficient (Wildman–Crippen LogP) is 4.04. The number of hydrogen-bond acceptors (Lipinski definition) is 2. The van der Waals surface area contributed by atoms with E-state index in [1.54, 1.807) is 6.07 Å². The fraction of sp³-hybridized carbons (Fsp3) is 0.250. The van der Waals surface area contributed by atoms with Crippen molar-refractivity contribution >= 4 is 27.3 Å². The molecule has 0 radical (unpaired) electrons. The van der Waals surface area contributed by atoms with Gasteiger partial charge in [-0.15, -0.1) is 0 Å². The highest BCUT2D eigenvalue weighted by Gasteiger charge is 2.19. The average Bonchev–Trinajstić information content (AvgIpc) is 2.41. The van der Waals surface area contributed by atoms with Crippen LogP contribution in [0.15, 0.2) is 46.9 Å². The highest BCUT2D eigenvalue weighted by molar-refractivity contribution is 9.10. The number of rotatable bonds is 2. The van der Waals surface area contributed by atoms with E-state index < -0.39 is 0 Å². The highest BCUT2D eigenvalue weighted by atomic mass is 79.9. The minimum Gasteiger partial charge on any atom is -0.371 e. The summed E-state index contributed by atoms with van der Waals surface area (Å²) in [6.45, 7) is 2.65. The first-order valence-electron chi connectivity index (χ1n) is 6.63. The fourth-order valence-corrected chi connectivity index (χ4v) is 3.17. The number of halogens is 2. The van der Waals surface area contributed by atoms with Crippen molar-refractivity contribution in [1.82, 2.24) is 0 Å². The Balaban J connectivity index is 1.90. The van der Waals surface area contributed by atoms with Crippen molar-refractivity contribution in [2.45, 2.75) is 6.54 Å². The van der Waals surface area contributed by atoms with Crippen LogP contribution in [0.2, 0.25) is 0 Å². The molecule has 3 rings (SSSR count). The Labute approximate surface area is 126 Å².